The fourth-order valence-electron chi connectivity index (χ4n) is 6.08. The SMILES string of the molecule is COc1ccc(C(=O)N(C)[C@H]2CN(C(=O)C3CCN(CC(C)(C)C)CC3)C[C@@H]2c2ccc(Cl)cc2)cc1C(F)(F)F. The highest BCUT2D eigenvalue weighted by Crippen LogP contribution is 2.38. The van der Waals surface area contributed by atoms with Crippen LogP contribution in [0, 0.1) is 11.3 Å². The summed E-state index contributed by atoms with van der Waals surface area (Å²) in [6.45, 7) is 10.1. The van der Waals surface area contributed by atoms with Gasteiger partial charge in [-0.05, 0) is 67.2 Å². The molecule has 2 heterocycles. The van der Waals surface area contributed by atoms with E-state index >= 15 is 0 Å². The molecule has 0 aliphatic carbocycles. The molecule has 224 valence electrons. The van der Waals surface area contributed by atoms with E-state index in [0.29, 0.717) is 18.1 Å². The van der Waals surface area contributed by atoms with Gasteiger partial charge in [-0.25, -0.2) is 0 Å². The first kappa shape index (κ1) is 31.2. The Morgan fingerprint density at radius 2 is 1.66 bits per heavy atom. The van der Waals surface area contributed by atoms with Crippen LogP contribution in [0.5, 0.6) is 5.75 Å². The molecule has 2 amide bonds. The number of hydrogen-bond donors (Lipinski definition) is 0. The first-order valence-corrected chi connectivity index (χ1v) is 14.3. The average Bonchev–Trinajstić information content (AvgIpc) is 3.36. The van der Waals surface area contributed by atoms with Gasteiger partial charge in [-0.15, -0.1) is 0 Å². The molecule has 2 atom stereocenters. The number of piperidine rings is 1. The average molecular weight is 594 g/mol. The summed E-state index contributed by atoms with van der Waals surface area (Å²) in [5, 5.41) is 0.570. The van der Waals surface area contributed by atoms with Crippen LogP contribution in [0.2, 0.25) is 5.02 Å². The van der Waals surface area contributed by atoms with Crippen LogP contribution in [0.1, 0.15) is 61.0 Å². The number of benzene rings is 2. The Bertz CT molecular complexity index is 1240. The van der Waals surface area contributed by atoms with E-state index in [2.05, 4.69) is 25.7 Å². The Balaban J connectivity index is 1.55. The number of likely N-dealkylation sites (tertiary alicyclic amines) is 2. The number of alkyl halides is 3. The normalized spacial score (nSPS) is 20.8. The van der Waals surface area contributed by atoms with Crippen LogP contribution < -0.4 is 4.74 Å². The van der Waals surface area contributed by atoms with Crippen LogP contribution in [-0.2, 0) is 11.0 Å². The van der Waals surface area contributed by atoms with Gasteiger partial charge in [0, 0.05) is 49.1 Å². The quantitative estimate of drug-likeness (QED) is 0.401. The number of carbonyl (C=O) groups is 2. The molecule has 41 heavy (non-hydrogen) atoms. The van der Waals surface area contributed by atoms with Crippen molar-refractivity contribution in [3.05, 3.63) is 64.2 Å². The highest BCUT2D eigenvalue weighted by atomic mass is 35.5. The summed E-state index contributed by atoms with van der Waals surface area (Å²) in [6, 6.07) is 10.2. The number of carbonyl (C=O) groups excluding carboxylic acids is 2. The number of hydrogen-bond acceptors (Lipinski definition) is 4. The number of likely N-dealkylation sites (N-methyl/N-ethyl adjacent to an activating group) is 1. The summed E-state index contributed by atoms with van der Waals surface area (Å²) in [7, 11) is 2.75. The molecule has 2 saturated heterocycles. The van der Waals surface area contributed by atoms with Gasteiger partial charge in [-0.2, -0.15) is 13.2 Å². The number of amides is 2. The lowest BCUT2D eigenvalue weighted by molar-refractivity contribution is -0.139. The van der Waals surface area contributed by atoms with E-state index in [4.69, 9.17) is 16.3 Å². The van der Waals surface area contributed by atoms with E-state index in [0.717, 1.165) is 57.3 Å². The second-order valence-electron chi connectivity index (χ2n) is 12.4. The van der Waals surface area contributed by atoms with Crippen molar-refractivity contribution in [1.29, 1.82) is 0 Å². The molecule has 4 rings (SSSR count). The second-order valence-corrected chi connectivity index (χ2v) is 12.8. The van der Waals surface area contributed by atoms with Gasteiger partial charge in [0.05, 0.1) is 18.7 Å². The van der Waals surface area contributed by atoms with E-state index in [1.165, 1.54) is 11.0 Å². The lowest BCUT2D eigenvalue weighted by atomic mass is 9.91. The van der Waals surface area contributed by atoms with Gasteiger partial charge >= 0.3 is 6.18 Å². The van der Waals surface area contributed by atoms with Crippen LogP contribution in [0.4, 0.5) is 13.2 Å². The summed E-state index contributed by atoms with van der Waals surface area (Å²) in [5.74, 6) is -1.13. The molecule has 2 aliphatic heterocycles. The van der Waals surface area contributed by atoms with Crippen molar-refractivity contribution in [2.45, 2.75) is 51.7 Å². The van der Waals surface area contributed by atoms with E-state index < -0.39 is 23.7 Å². The predicted octanol–water partition coefficient (Wildman–Crippen LogP) is 6.19. The zero-order valence-electron chi connectivity index (χ0n) is 24.3. The fourth-order valence-corrected chi connectivity index (χ4v) is 6.21. The van der Waals surface area contributed by atoms with E-state index in [9.17, 15) is 22.8 Å². The lowest BCUT2D eigenvalue weighted by Crippen LogP contribution is -2.45. The van der Waals surface area contributed by atoms with Gasteiger partial charge in [-0.3, -0.25) is 9.59 Å². The van der Waals surface area contributed by atoms with Gasteiger partial charge in [0.2, 0.25) is 5.91 Å². The zero-order valence-corrected chi connectivity index (χ0v) is 25.1. The maximum Gasteiger partial charge on any atom is 0.419 e. The molecule has 2 fully saturated rings. The number of rotatable bonds is 6. The molecule has 10 heteroatoms. The molecule has 0 aromatic heterocycles. The van der Waals surface area contributed by atoms with Crippen molar-refractivity contribution in [2.75, 3.05) is 46.9 Å². The van der Waals surface area contributed by atoms with E-state index in [1.54, 1.807) is 19.2 Å². The third kappa shape index (κ3) is 7.36. The van der Waals surface area contributed by atoms with Crippen molar-refractivity contribution in [3.8, 4) is 5.75 Å². The van der Waals surface area contributed by atoms with Crippen molar-refractivity contribution in [2.24, 2.45) is 11.3 Å². The highest BCUT2D eigenvalue weighted by Gasteiger charge is 2.43. The molecule has 2 aromatic rings. The smallest absolute Gasteiger partial charge is 0.419 e. The molecule has 0 unspecified atom stereocenters. The third-order valence-electron chi connectivity index (χ3n) is 8.10. The van der Waals surface area contributed by atoms with E-state index in [1.807, 2.05) is 17.0 Å². The zero-order chi connectivity index (χ0) is 30.1. The molecular formula is C31H39ClF3N3O3. The monoisotopic (exact) mass is 593 g/mol. The molecule has 0 radical (unpaired) electrons. The van der Waals surface area contributed by atoms with Crippen LogP contribution in [-0.4, -0.2) is 79.4 Å². The summed E-state index contributed by atoms with van der Waals surface area (Å²) >= 11 is 6.12. The lowest BCUT2D eigenvalue weighted by Gasteiger charge is -2.36. The van der Waals surface area contributed by atoms with Crippen LogP contribution >= 0.6 is 11.6 Å². The predicted molar refractivity (Wildman–Crippen MR) is 153 cm³/mol. The molecule has 2 aromatic carbocycles. The second kappa shape index (κ2) is 12.2. The Labute approximate surface area is 245 Å². The molecule has 0 N–H and O–H groups in total. The van der Waals surface area contributed by atoms with Crippen molar-refractivity contribution < 1.29 is 27.5 Å². The van der Waals surface area contributed by atoms with E-state index in [-0.39, 0.29) is 34.5 Å². The standard InChI is InChI=1S/C31H39ClF3N3O3/c1-30(2,3)19-37-14-12-21(13-15-37)29(40)38-17-24(20-6-9-23(32)10-7-20)26(18-38)36(4)28(39)22-8-11-27(41-5)25(16-22)31(33,34)35/h6-11,16,21,24,26H,12-15,17-19H2,1-5H3/t24-,26+/m1/s1. The van der Waals surface area contributed by atoms with Crippen LogP contribution in [0.3, 0.4) is 0 Å². The largest absolute Gasteiger partial charge is 0.496 e. The number of halogens is 4. The first-order valence-electron chi connectivity index (χ1n) is 14.0. The minimum Gasteiger partial charge on any atom is -0.496 e. The van der Waals surface area contributed by atoms with Gasteiger partial charge in [0.25, 0.3) is 5.91 Å². The Kier molecular flexibility index (Phi) is 9.29. The molecule has 0 bridgehead atoms. The molecule has 2 aliphatic rings. The minimum atomic E-state index is -4.68. The Morgan fingerprint density at radius 3 is 2.22 bits per heavy atom. The molecule has 6 nitrogen and oxygen atoms in total. The van der Waals surface area contributed by atoms with Crippen molar-refractivity contribution in [3.63, 3.8) is 0 Å². The van der Waals surface area contributed by atoms with Gasteiger partial charge in [-0.1, -0.05) is 44.5 Å². The van der Waals surface area contributed by atoms with Gasteiger partial charge < -0.3 is 19.4 Å². The number of ether oxygens (including phenoxy) is 1. The van der Waals surface area contributed by atoms with Crippen LogP contribution in [0.15, 0.2) is 42.5 Å². The van der Waals surface area contributed by atoms with Crippen molar-refractivity contribution in [1.82, 2.24) is 14.7 Å². The summed E-state index contributed by atoms with van der Waals surface area (Å²) in [6.07, 6.45) is -3.11. The summed E-state index contributed by atoms with van der Waals surface area (Å²) in [5.41, 5.74) is 0.00763. The Hall–Kier alpha value is -2.78. The third-order valence-corrected chi connectivity index (χ3v) is 8.36. The topological polar surface area (TPSA) is 53.1 Å². The summed E-state index contributed by atoms with van der Waals surface area (Å²) in [4.78, 5) is 33.0. The number of methoxy groups -OCH3 is 1. The Morgan fingerprint density at radius 1 is 1.02 bits per heavy atom. The van der Waals surface area contributed by atoms with Crippen LogP contribution in [0.25, 0.3) is 0 Å². The number of nitrogens with zero attached hydrogens (tertiary/aromatic N) is 3. The first-order chi connectivity index (χ1) is 19.2. The van der Waals surface area contributed by atoms with Gasteiger partial charge in [0.1, 0.15) is 5.75 Å². The molecule has 0 spiro atoms. The molecular weight excluding hydrogens is 555 g/mol. The fraction of sp³-hybridized carbons (Fsp3) is 0.548. The maximum absolute atomic E-state index is 13.7. The highest BCUT2D eigenvalue weighted by molar-refractivity contribution is 6.30. The molecule has 0 saturated carbocycles. The maximum atomic E-state index is 13.7. The minimum absolute atomic E-state index is 0.0755. The summed E-state index contributed by atoms with van der Waals surface area (Å²) < 4.78 is 45.8. The van der Waals surface area contributed by atoms with Gasteiger partial charge in [0.15, 0.2) is 0 Å². The van der Waals surface area contributed by atoms with Crippen molar-refractivity contribution >= 4 is 23.4 Å².